The molecule has 0 saturated carbocycles. The van der Waals surface area contributed by atoms with Gasteiger partial charge in [0.1, 0.15) is 0 Å². The zero-order chi connectivity index (χ0) is 12.4. The monoisotopic (exact) mass is 234 g/mol. The quantitative estimate of drug-likeness (QED) is 0.593. The zero-order valence-electron chi connectivity index (χ0n) is 9.63. The van der Waals surface area contributed by atoms with E-state index < -0.39 is 4.92 Å². The highest BCUT2D eigenvalue weighted by Crippen LogP contribution is 2.20. The number of benzene rings is 1. The fourth-order valence-electron chi connectivity index (χ4n) is 2.00. The topological polar surface area (TPSA) is 63.4 Å². The van der Waals surface area contributed by atoms with Gasteiger partial charge in [-0.1, -0.05) is 19.1 Å². The molecular weight excluding hydrogens is 220 g/mol. The number of carbonyl (C=O) groups excluding carboxylic acids is 1. The van der Waals surface area contributed by atoms with E-state index in [1.54, 1.807) is 17.0 Å². The van der Waals surface area contributed by atoms with E-state index in [0.29, 0.717) is 6.54 Å². The lowest BCUT2D eigenvalue weighted by atomic mass is 10.1. The van der Waals surface area contributed by atoms with Crippen molar-refractivity contribution in [3.63, 3.8) is 0 Å². The second-order valence-corrected chi connectivity index (χ2v) is 4.37. The van der Waals surface area contributed by atoms with Gasteiger partial charge in [-0.15, -0.1) is 0 Å². The number of carbonyl (C=O) groups is 1. The normalized spacial score (nSPS) is 19.7. The van der Waals surface area contributed by atoms with Crippen LogP contribution in [0.25, 0.3) is 0 Å². The molecule has 0 radical (unpaired) electrons. The highest BCUT2D eigenvalue weighted by molar-refractivity contribution is 5.80. The highest BCUT2D eigenvalue weighted by Gasteiger charge is 2.27. The van der Waals surface area contributed by atoms with Gasteiger partial charge in [0.05, 0.1) is 4.92 Å². The number of nitro groups is 1. The fraction of sp³-hybridized carbons (Fsp3) is 0.417. The lowest BCUT2D eigenvalue weighted by molar-refractivity contribution is -0.384. The third kappa shape index (κ3) is 2.43. The maximum absolute atomic E-state index is 11.7. The Hall–Kier alpha value is -1.91. The second kappa shape index (κ2) is 4.53. The molecule has 17 heavy (non-hydrogen) atoms. The molecule has 0 aliphatic carbocycles. The standard InChI is InChI=1S/C12H14N2O3/c1-9-6-7-13(12(9)15)8-10-2-4-11(5-3-10)14(16)17/h2-5,9H,6-8H2,1H3. The molecule has 1 atom stereocenters. The van der Waals surface area contributed by atoms with E-state index in [2.05, 4.69) is 0 Å². The number of hydrogen-bond acceptors (Lipinski definition) is 3. The fourth-order valence-corrected chi connectivity index (χ4v) is 2.00. The molecule has 0 N–H and O–H groups in total. The third-order valence-electron chi connectivity index (χ3n) is 3.09. The minimum atomic E-state index is -0.424. The van der Waals surface area contributed by atoms with Gasteiger partial charge >= 0.3 is 0 Å². The first kappa shape index (κ1) is 11.6. The molecule has 1 saturated heterocycles. The van der Waals surface area contributed by atoms with Crippen molar-refractivity contribution in [3.8, 4) is 0 Å². The van der Waals surface area contributed by atoms with Gasteiger partial charge < -0.3 is 4.90 Å². The van der Waals surface area contributed by atoms with Crippen LogP contribution in [0.3, 0.4) is 0 Å². The highest BCUT2D eigenvalue weighted by atomic mass is 16.6. The van der Waals surface area contributed by atoms with E-state index >= 15 is 0 Å². The smallest absolute Gasteiger partial charge is 0.269 e. The maximum Gasteiger partial charge on any atom is 0.269 e. The first-order valence-electron chi connectivity index (χ1n) is 5.60. The molecule has 5 nitrogen and oxygen atoms in total. The summed E-state index contributed by atoms with van der Waals surface area (Å²) in [7, 11) is 0. The SMILES string of the molecule is CC1CCN(Cc2ccc([N+](=O)[O-])cc2)C1=O. The maximum atomic E-state index is 11.7. The van der Waals surface area contributed by atoms with Crippen molar-refractivity contribution in [2.45, 2.75) is 19.9 Å². The number of hydrogen-bond donors (Lipinski definition) is 0. The molecule has 0 spiro atoms. The number of amides is 1. The molecule has 90 valence electrons. The molecule has 0 aromatic heterocycles. The summed E-state index contributed by atoms with van der Waals surface area (Å²) >= 11 is 0. The van der Waals surface area contributed by atoms with E-state index in [4.69, 9.17) is 0 Å². The van der Waals surface area contributed by atoms with Crippen molar-refractivity contribution < 1.29 is 9.72 Å². The lowest BCUT2D eigenvalue weighted by Gasteiger charge is -2.15. The summed E-state index contributed by atoms with van der Waals surface area (Å²) in [5.41, 5.74) is 1.01. The molecular formula is C12H14N2O3. The van der Waals surface area contributed by atoms with Crippen molar-refractivity contribution in [2.24, 2.45) is 5.92 Å². The van der Waals surface area contributed by atoms with Crippen LogP contribution in [0.5, 0.6) is 0 Å². The van der Waals surface area contributed by atoms with E-state index in [1.807, 2.05) is 6.92 Å². The molecule has 2 rings (SSSR count). The number of likely N-dealkylation sites (tertiary alicyclic amines) is 1. The molecule has 1 unspecified atom stereocenters. The summed E-state index contributed by atoms with van der Waals surface area (Å²) in [6.45, 7) is 3.25. The predicted molar refractivity (Wildman–Crippen MR) is 62.3 cm³/mol. The summed E-state index contributed by atoms with van der Waals surface area (Å²) in [5, 5.41) is 10.5. The molecule has 1 aromatic rings. The summed E-state index contributed by atoms with van der Waals surface area (Å²) < 4.78 is 0. The molecule has 1 aliphatic heterocycles. The Morgan fingerprint density at radius 3 is 2.53 bits per heavy atom. The van der Waals surface area contributed by atoms with Gasteiger partial charge in [-0.2, -0.15) is 0 Å². The Balaban J connectivity index is 2.04. The van der Waals surface area contributed by atoms with Crippen molar-refractivity contribution in [1.29, 1.82) is 0 Å². The summed E-state index contributed by atoms with van der Waals surface area (Å²) in [4.78, 5) is 23.6. The van der Waals surface area contributed by atoms with E-state index in [0.717, 1.165) is 18.5 Å². The average Bonchev–Trinajstić information content (AvgIpc) is 2.62. The lowest BCUT2D eigenvalue weighted by Crippen LogP contribution is -2.26. The molecule has 1 heterocycles. The minimum absolute atomic E-state index is 0.0786. The molecule has 1 fully saturated rings. The van der Waals surface area contributed by atoms with Gasteiger partial charge in [-0.3, -0.25) is 14.9 Å². The van der Waals surface area contributed by atoms with Crippen LogP contribution in [0.2, 0.25) is 0 Å². The van der Waals surface area contributed by atoms with E-state index in [9.17, 15) is 14.9 Å². The van der Waals surface area contributed by atoms with Crippen molar-refractivity contribution in [1.82, 2.24) is 4.90 Å². The van der Waals surface area contributed by atoms with Crippen LogP contribution in [-0.2, 0) is 11.3 Å². The molecule has 1 aliphatic rings. The van der Waals surface area contributed by atoms with Crippen LogP contribution < -0.4 is 0 Å². The van der Waals surface area contributed by atoms with Crippen LogP contribution in [-0.4, -0.2) is 22.3 Å². The van der Waals surface area contributed by atoms with Crippen LogP contribution in [0.15, 0.2) is 24.3 Å². The van der Waals surface area contributed by atoms with Crippen LogP contribution >= 0.6 is 0 Å². The van der Waals surface area contributed by atoms with Gasteiger partial charge in [-0.25, -0.2) is 0 Å². The molecule has 0 bridgehead atoms. The Kier molecular flexibility index (Phi) is 3.08. The number of nitro benzene ring substituents is 1. The molecule has 1 amide bonds. The first-order valence-corrected chi connectivity index (χ1v) is 5.60. The summed E-state index contributed by atoms with van der Waals surface area (Å²) in [6.07, 6.45) is 0.895. The minimum Gasteiger partial charge on any atom is -0.338 e. The van der Waals surface area contributed by atoms with Gasteiger partial charge in [-0.05, 0) is 12.0 Å². The van der Waals surface area contributed by atoms with Gasteiger partial charge in [0.2, 0.25) is 5.91 Å². The molecule has 1 aromatic carbocycles. The van der Waals surface area contributed by atoms with E-state index in [1.165, 1.54) is 12.1 Å². The largest absolute Gasteiger partial charge is 0.338 e. The first-order chi connectivity index (χ1) is 8.08. The van der Waals surface area contributed by atoms with Crippen LogP contribution in [0, 0.1) is 16.0 Å². The van der Waals surface area contributed by atoms with Crippen LogP contribution in [0.4, 0.5) is 5.69 Å². The van der Waals surface area contributed by atoms with Gasteiger partial charge in [0, 0.05) is 31.1 Å². The molecule has 5 heteroatoms. The predicted octanol–water partition coefficient (Wildman–Crippen LogP) is 1.96. The number of nitrogens with zero attached hydrogens (tertiary/aromatic N) is 2. The number of rotatable bonds is 3. The van der Waals surface area contributed by atoms with Crippen molar-refractivity contribution >= 4 is 11.6 Å². The second-order valence-electron chi connectivity index (χ2n) is 4.37. The van der Waals surface area contributed by atoms with Crippen molar-refractivity contribution in [2.75, 3.05) is 6.54 Å². The van der Waals surface area contributed by atoms with Crippen LogP contribution in [0.1, 0.15) is 18.9 Å². The summed E-state index contributed by atoms with van der Waals surface area (Å²) in [5.74, 6) is 0.274. The average molecular weight is 234 g/mol. The Labute approximate surface area is 99.2 Å². The third-order valence-corrected chi connectivity index (χ3v) is 3.09. The Bertz CT molecular complexity index is 442. The summed E-state index contributed by atoms with van der Waals surface area (Å²) in [6, 6.07) is 6.35. The van der Waals surface area contributed by atoms with Gasteiger partial charge in [0.15, 0.2) is 0 Å². The number of non-ortho nitro benzene ring substituents is 1. The Morgan fingerprint density at radius 1 is 1.41 bits per heavy atom. The van der Waals surface area contributed by atoms with Gasteiger partial charge in [0.25, 0.3) is 5.69 Å². The van der Waals surface area contributed by atoms with Crippen molar-refractivity contribution in [3.05, 3.63) is 39.9 Å². The van der Waals surface area contributed by atoms with E-state index in [-0.39, 0.29) is 17.5 Å². The zero-order valence-corrected chi connectivity index (χ0v) is 9.63. The Morgan fingerprint density at radius 2 is 2.06 bits per heavy atom.